The molecule has 0 spiro atoms. The monoisotopic (exact) mass is 245 g/mol. The number of nitrogen functional groups attached to an aromatic ring is 1. The summed E-state index contributed by atoms with van der Waals surface area (Å²) >= 11 is 0. The lowest BCUT2D eigenvalue weighted by Gasteiger charge is -2.29. The minimum absolute atomic E-state index is 0.297. The number of imidazole rings is 1. The lowest BCUT2D eigenvalue weighted by molar-refractivity contribution is 0.00714. The number of aromatic nitrogens is 2. The SMILES string of the molecule is Cc1ccc2nc(N)n(C3CCOC(C)C3)c2c1. The molecule has 0 aliphatic carbocycles. The first kappa shape index (κ1) is 11.5. The Kier molecular flexibility index (Phi) is 2.74. The number of hydrogen-bond donors (Lipinski definition) is 1. The quantitative estimate of drug-likeness (QED) is 0.840. The van der Waals surface area contributed by atoms with E-state index in [2.05, 4.69) is 35.5 Å². The normalized spacial score (nSPS) is 24.6. The molecular formula is C14H19N3O. The molecule has 0 bridgehead atoms. The van der Waals surface area contributed by atoms with Crippen molar-refractivity contribution in [2.75, 3.05) is 12.3 Å². The summed E-state index contributed by atoms with van der Waals surface area (Å²) in [6.45, 7) is 5.02. The van der Waals surface area contributed by atoms with Crippen molar-refractivity contribution in [2.24, 2.45) is 0 Å². The Hall–Kier alpha value is -1.55. The Labute approximate surface area is 107 Å². The van der Waals surface area contributed by atoms with Gasteiger partial charge < -0.3 is 15.0 Å². The van der Waals surface area contributed by atoms with Crippen LogP contribution in [0.15, 0.2) is 18.2 Å². The number of aryl methyl sites for hydroxylation is 1. The van der Waals surface area contributed by atoms with E-state index in [1.807, 2.05) is 6.07 Å². The topological polar surface area (TPSA) is 53.1 Å². The molecule has 0 amide bonds. The fourth-order valence-corrected chi connectivity index (χ4v) is 2.81. The third-order valence-corrected chi connectivity index (χ3v) is 3.69. The van der Waals surface area contributed by atoms with Crippen LogP contribution in [-0.2, 0) is 4.74 Å². The van der Waals surface area contributed by atoms with Crippen molar-refractivity contribution in [3.8, 4) is 0 Å². The van der Waals surface area contributed by atoms with Gasteiger partial charge in [0.25, 0.3) is 0 Å². The second-order valence-electron chi connectivity index (χ2n) is 5.19. The molecule has 1 aromatic heterocycles. The molecule has 2 atom stereocenters. The summed E-state index contributed by atoms with van der Waals surface area (Å²) in [5, 5.41) is 0. The van der Waals surface area contributed by atoms with Gasteiger partial charge in [0.1, 0.15) is 0 Å². The lowest BCUT2D eigenvalue weighted by atomic mass is 10.0. The molecule has 2 heterocycles. The van der Waals surface area contributed by atoms with Gasteiger partial charge in [0.15, 0.2) is 0 Å². The van der Waals surface area contributed by atoms with E-state index in [0.717, 1.165) is 30.5 Å². The van der Waals surface area contributed by atoms with Crippen LogP contribution in [0.1, 0.15) is 31.4 Å². The zero-order valence-electron chi connectivity index (χ0n) is 10.9. The maximum Gasteiger partial charge on any atom is 0.201 e. The van der Waals surface area contributed by atoms with E-state index in [9.17, 15) is 0 Å². The van der Waals surface area contributed by atoms with E-state index in [0.29, 0.717) is 18.1 Å². The third kappa shape index (κ3) is 1.86. The van der Waals surface area contributed by atoms with E-state index in [1.165, 1.54) is 5.56 Å². The van der Waals surface area contributed by atoms with Gasteiger partial charge in [-0.2, -0.15) is 0 Å². The van der Waals surface area contributed by atoms with Crippen molar-refractivity contribution in [2.45, 2.75) is 38.8 Å². The molecule has 18 heavy (non-hydrogen) atoms. The predicted octanol–water partition coefficient (Wildman–Crippen LogP) is 2.67. The Bertz CT molecular complexity index is 576. The largest absolute Gasteiger partial charge is 0.378 e. The number of ether oxygens (including phenoxy) is 1. The molecule has 0 saturated carbocycles. The van der Waals surface area contributed by atoms with Gasteiger partial charge in [-0.25, -0.2) is 4.98 Å². The van der Waals surface area contributed by atoms with Crippen LogP contribution in [0.3, 0.4) is 0 Å². The summed E-state index contributed by atoms with van der Waals surface area (Å²) in [6.07, 6.45) is 2.31. The van der Waals surface area contributed by atoms with Gasteiger partial charge in [0.2, 0.25) is 5.95 Å². The van der Waals surface area contributed by atoms with Crippen LogP contribution in [0.5, 0.6) is 0 Å². The summed E-state index contributed by atoms with van der Waals surface area (Å²) in [4.78, 5) is 4.45. The highest BCUT2D eigenvalue weighted by Crippen LogP contribution is 2.31. The second-order valence-corrected chi connectivity index (χ2v) is 5.19. The summed E-state index contributed by atoms with van der Waals surface area (Å²) in [5.41, 5.74) is 9.46. The molecular weight excluding hydrogens is 226 g/mol. The first-order valence-corrected chi connectivity index (χ1v) is 6.51. The highest BCUT2D eigenvalue weighted by molar-refractivity contribution is 5.79. The lowest BCUT2D eigenvalue weighted by Crippen LogP contribution is -2.26. The van der Waals surface area contributed by atoms with Gasteiger partial charge in [-0.1, -0.05) is 6.07 Å². The van der Waals surface area contributed by atoms with Gasteiger partial charge in [0, 0.05) is 12.6 Å². The molecule has 1 aliphatic heterocycles. The number of anilines is 1. The Morgan fingerprint density at radius 3 is 3.06 bits per heavy atom. The second kappa shape index (κ2) is 4.28. The van der Waals surface area contributed by atoms with Crippen LogP contribution in [0, 0.1) is 6.92 Å². The van der Waals surface area contributed by atoms with Crippen molar-refractivity contribution in [3.63, 3.8) is 0 Å². The number of nitrogens with zero attached hydrogens (tertiary/aromatic N) is 2. The fourth-order valence-electron chi connectivity index (χ4n) is 2.81. The molecule has 0 radical (unpaired) electrons. The third-order valence-electron chi connectivity index (χ3n) is 3.69. The fraction of sp³-hybridized carbons (Fsp3) is 0.500. The maximum absolute atomic E-state index is 6.09. The number of benzene rings is 1. The average molecular weight is 245 g/mol. The van der Waals surface area contributed by atoms with Gasteiger partial charge in [-0.3, -0.25) is 0 Å². The van der Waals surface area contributed by atoms with E-state index < -0.39 is 0 Å². The van der Waals surface area contributed by atoms with E-state index in [4.69, 9.17) is 10.5 Å². The highest BCUT2D eigenvalue weighted by atomic mass is 16.5. The summed E-state index contributed by atoms with van der Waals surface area (Å²) < 4.78 is 7.79. The van der Waals surface area contributed by atoms with Crippen molar-refractivity contribution < 1.29 is 4.74 Å². The molecule has 2 aromatic rings. The molecule has 2 unspecified atom stereocenters. The van der Waals surface area contributed by atoms with E-state index in [1.54, 1.807) is 0 Å². The van der Waals surface area contributed by atoms with E-state index >= 15 is 0 Å². The standard InChI is InChI=1S/C14H19N3O/c1-9-3-4-12-13(7-9)17(14(15)16-12)11-5-6-18-10(2)8-11/h3-4,7,10-11H,5-6,8H2,1-2H3,(H2,15,16). The van der Waals surface area contributed by atoms with Crippen LogP contribution in [0.2, 0.25) is 0 Å². The molecule has 1 aliphatic rings. The zero-order chi connectivity index (χ0) is 12.7. The molecule has 1 aromatic carbocycles. The van der Waals surface area contributed by atoms with Gasteiger partial charge in [0.05, 0.1) is 17.1 Å². The van der Waals surface area contributed by atoms with Crippen molar-refractivity contribution >= 4 is 17.0 Å². The Morgan fingerprint density at radius 2 is 2.28 bits per heavy atom. The van der Waals surface area contributed by atoms with Crippen LogP contribution >= 0.6 is 0 Å². The molecule has 2 N–H and O–H groups in total. The number of fused-ring (bicyclic) bond motifs is 1. The number of nitrogens with two attached hydrogens (primary N) is 1. The van der Waals surface area contributed by atoms with Gasteiger partial charge >= 0.3 is 0 Å². The smallest absolute Gasteiger partial charge is 0.201 e. The molecule has 4 nitrogen and oxygen atoms in total. The van der Waals surface area contributed by atoms with Crippen LogP contribution in [0.25, 0.3) is 11.0 Å². The molecule has 1 saturated heterocycles. The Morgan fingerprint density at radius 1 is 1.44 bits per heavy atom. The van der Waals surface area contributed by atoms with Crippen LogP contribution < -0.4 is 5.73 Å². The van der Waals surface area contributed by atoms with Gasteiger partial charge in [-0.05, 0) is 44.4 Å². The molecule has 96 valence electrons. The number of rotatable bonds is 1. The molecule has 1 fully saturated rings. The first-order valence-electron chi connectivity index (χ1n) is 6.51. The van der Waals surface area contributed by atoms with Crippen molar-refractivity contribution in [1.82, 2.24) is 9.55 Å². The van der Waals surface area contributed by atoms with Crippen molar-refractivity contribution in [1.29, 1.82) is 0 Å². The molecule has 4 heteroatoms. The van der Waals surface area contributed by atoms with Crippen molar-refractivity contribution in [3.05, 3.63) is 23.8 Å². The maximum atomic E-state index is 6.09. The Balaban J connectivity index is 2.09. The zero-order valence-corrected chi connectivity index (χ0v) is 10.9. The highest BCUT2D eigenvalue weighted by Gasteiger charge is 2.24. The minimum Gasteiger partial charge on any atom is -0.378 e. The summed E-state index contributed by atoms with van der Waals surface area (Å²) in [5.74, 6) is 0.620. The predicted molar refractivity (Wildman–Crippen MR) is 72.6 cm³/mol. The molecule has 3 rings (SSSR count). The minimum atomic E-state index is 0.297. The summed E-state index contributed by atoms with van der Waals surface area (Å²) in [7, 11) is 0. The average Bonchev–Trinajstić information content (AvgIpc) is 2.64. The van der Waals surface area contributed by atoms with Crippen LogP contribution in [-0.4, -0.2) is 22.3 Å². The first-order chi connectivity index (χ1) is 8.65. The number of hydrogen-bond acceptors (Lipinski definition) is 3. The van der Waals surface area contributed by atoms with Crippen LogP contribution in [0.4, 0.5) is 5.95 Å². The van der Waals surface area contributed by atoms with Gasteiger partial charge in [-0.15, -0.1) is 0 Å². The summed E-state index contributed by atoms with van der Waals surface area (Å²) in [6, 6.07) is 6.69. The van der Waals surface area contributed by atoms with E-state index in [-0.39, 0.29) is 0 Å².